The minimum Gasteiger partial charge on any atom is -0.316 e. The highest BCUT2D eigenvalue weighted by Gasteiger charge is 2.13. The van der Waals surface area contributed by atoms with Crippen molar-refractivity contribution >= 4 is 0 Å². The average molecular weight is 233 g/mol. The fourth-order valence-corrected chi connectivity index (χ4v) is 1.92. The topological polar surface area (TPSA) is 12.0 Å². The molecule has 0 fully saturated rings. The first-order valence-electron chi connectivity index (χ1n) is 6.76. The molecule has 0 saturated carbocycles. The third kappa shape index (κ3) is 4.51. The molecule has 1 heteroatoms. The van der Waals surface area contributed by atoms with Crippen molar-refractivity contribution in [1.82, 2.24) is 5.32 Å². The summed E-state index contributed by atoms with van der Waals surface area (Å²) in [7, 11) is 0. The van der Waals surface area contributed by atoms with Gasteiger partial charge in [0.25, 0.3) is 0 Å². The average Bonchev–Trinajstić information content (AvgIpc) is 2.28. The summed E-state index contributed by atoms with van der Waals surface area (Å²) in [5.74, 6) is 0.593. The van der Waals surface area contributed by atoms with Gasteiger partial charge in [-0.25, -0.2) is 0 Å². The maximum Gasteiger partial charge on any atom is 0.00174 e. The Kier molecular flexibility index (Phi) is 5.20. The highest BCUT2D eigenvalue weighted by molar-refractivity contribution is 5.29. The molecule has 0 heterocycles. The van der Waals surface area contributed by atoms with E-state index < -0.39 is 0 Å². The Labute approximate surface area is 107 Å². The van der Waals surface area contributed by atoms with E-state index >= 15 is 0 Å². The lowest BCUT2D eigenvalue weighted by Gasteiger charge is -2.20. The lowest BCUT2D eigenvalue weighted by Crippen LogP contribution is -2.20. The van der Waals surface area contributed by atoms with Crippen molar-refractivity contribution in [2.75, 3.05) is 13.1 Å². The Balaban J connectivity index is 2.61. The van der Waals surface area contributed by atoms with Crippen LogP contribution in [-0.4, -0.2) is 13.1 Å². The van der Waals surface area contributed by atoms with E-state index in [4.69, 9.17) is 0 Å². The van der Waals surface area contributed by atoms with E-state index in [-0.39, 0.29) is 5.41 Å². The summed E-state index contributed by atoms with van der Waals surface area (Å²) in [6, 6.07) is 9.09. The van der Waals surface area contributed by atoms with Gasteiger partial charge in [0, 0.05) is 6.54 Å². The molecule has 0 saturated heterocycles. The first-order chi connectivity index (χ1) is 7.95. The summed E-state index contributed by atoms with van der Waals surface area (Å²) in [5.41, 5.74) is 3.10. The molecule has 1 nitrogen and oxygen atoms in total. The SMILES string of the molecule is CCCNCC(C)c1ccc(C(C)(C)C)cc1. The van der Waals surface area contributed by atoms with E-state index in [1.807, 2.05) is 0 Å². The van der Waals surface area contributed by atoms with Crippen molar-refractivity contribution in [3.63, 3.8) is 0 Å². The molecule has 1 aromatic rings. The molecule has 1 atom stereocenters. The van der Waals surface area contributed by atoms with Crippen LogP contribution in [0.25, 0.3) is 0 Å². The van der Waals surface area contributed by atoms with E-state index in [1.165, 1.54) is 17.5 Å². The quantitative estimate of drug-likeness (QED) is 0.755. The molecule has 0 aromatic heterocycles. The summed E-state index contributed by atoms with van der Waals surface area (Å²) < 4.78 is 0. The molecule has 1 unspecified atom stereocenters. The minimum atomic E-state index is 0.252. The van der Waals surface area contributed by atoms with Gasteiger partial charge in [-0.3, -0.25) is 0 Å². The number of benzene rings is 1. The lowest BCUT2D eigenvalue weighted by atomic mass is 9.86. The maximum atomic E-state index is 3.48. The second-order valence-electron chi connectivity index (χ2n) is 5.98. The highest BCUT2D eigenvalue weighted by Crippen LogP contribution is 2.24. The number of rotatable bonds is 5. The van der Waals surface area contributed by atoms with Crippen LogP contribution in [0.1, 0.15) is 58.1 Å². The summed E-state index contributed by atoms with van der Waals surface area (Å²) in [6.45, 7) is 13.5. The van der Waals surface area contributed by atoms with Gasteiger partial charge < -0.3 is 5.32 Å². The summed E-state index contributed by atoms with van der Waals surface area (Å²) in [4.78, 5) is 0. The zero-order chi connectivity index (χ0) is 12.9. The van der Waals surface area contributed by atoms with Crippen LogP contribution in [0, 0.1) is 0 Å². The van der Waals surface area contributed by atoms with Gasteiger partial charge >= 0.3 is 0 Å². The zero-order valence-electron chi connectivity index (χ0n) is 12.0. The summed E-state index contributed by atoms with van der Waals surface area (Å²) in [5, 5.41) is 3.48. The van der Waals surface area contributed by atoms with Crippen LogP contribution in [0.5, 0.6) is 0 Å². The smallest absolute Gasteiger partial charge is 0.00174 e. The summed E-state index contributed by atoms with van der Waals surface area (Å²) in [6.07, 6.45) is 1.20. The van der Waals surface area contributed by atoms with E-state index in [9.17, 15) is 0 Å². The molecule has 0 aliphatic rings. The molecule has 1 rings (SSSR count). The number of nitrogens with one attached hydrogen (secondary N) is 1. The zero-order valence-corrected chi connectivity index (χ0v) is 12.0. The minimum absolute atomic E-state index is 0.252. The Morgan fingerprint density at radius 3 is 2.18 bits per heavy atom. The van der Waals surface area contributed by atoms with Gasteiger partial charge in [-0.15, -0.1) is 0 Å². The molecule has 0 spiro atoms. The van der Waals surface area contributed by atoms with Crippen LogP contribution in [0.2, 0.25) is 0 Å². The van der Waals surface area contributed by atoms with Gasteiger partial charge in [0.2, 0.25) is 0 Å². The van der Waals surface area contributed by atoms with Crippen LogP contribution < -0.4 is 5.32 Å². The van der Waals surface area contributed by atoms with Crippen molar-refractivity contribution in [2.45, 2.75) is 52.4 Å². The van der Waals surface area contributed by atoms with Crippen LogP contribution in [0.4, 0.5) is 0 Å². The van der Waals surface area contributed by atoms with Crippen LogP contribution >= 0.6 is 0 Å². The van der Waals surface area contributed by atoms with E-state index in [2.05, 4.69) is 64.2 Å². The van der Waals surface area contributed by atoms with E-state index in [1.54, 1.807) is 0 Å². The Hall–Kier alpha value is -0.820. The van der Waals surface area contributed by atoms with Crippen LogP contribution in [-0.2, 0) is 5.41 Å². The predicted molar refractivity (Wildman–Crippen MR) is 76.7 cm³/mol. The van der Waals surface area contributed by atoms with Gasteiger partial charge in [0.05, 0.1) is 0 Å². The first-order valence-corrected chi connectivity index (χ1v) is 6.76. The Morgan fingerprint density at radius 2 is 1.71 bits per heavy atom. The monoisotopic (exact) mass is 233 g/mol. The molecule has 1 aromatic carbocycles. The second kappa shape index (κ2) is 6.20. The van der Waals surface area contributed by atoms with Crippen molar-refractivity contribution in [2.24, 2.45) is 0 Å². The molecule has 0 radical (unpaired) electrons. The first kappa shape index (κ1) is 14.2. The molecule has 1 N–H and O–H groups in total. The molecule has 0 aliphatic carbocycles. The largest absolute Gasteiger partial charge is 0.316 e. The highest BCUT2D eigenvalue weighted by atomic mass is 14.8. The predicted octanol–water partition coefficient (Wildman–Crippen LogP) is 4.09. The maximum absolute atomic E-state index is 3.48. The van der Waals surface area contributed by atoms with Crippen molar-refractivity contribution in [3.05, 3.63) is 35.4 Å². The third-order valence-corrected chi connectivity index (χ3v) is 3.22. The molecule has 17 heavy (non-hydrogen) atoms. The lowest BCUT2D eigenvalue weighted by molar-refractivity contribution is 0.587. The standard InChI is InChI=1S/C16H27N/c1-6-11-17-12-13(2)14-7-9-15(10-8-14)16(3,4)5/h7-10,13,17H,6,11-12H2,1-5H3. The van der Waals surface area contributed by atoms with Crippen molar-refractivity contribution in [1.29, 1.82) is 0 Å². The second-order valence-corrected chi connectivity index (χ2v) is 5.98. The van der Waals surface area contributed by atoms with Gasteiger partial charge in [0.1, 0.15) is 0 Å². The molecule has 0 amide bonds. The van der Waals surface area contributed by atoms with Crippen LogP contribution in [0.3, 0.4) is 0 Å². The van der Waals surface area contributed by atoms with Crippen molar-refractivity contribution in [3.8, 4) is 0 Å². The fourth-order valence-electron chi connectivity index (χ4n) is 1.92. The molecule has 0 bridgehead atoms. The normalized spacial score (nSPS) is 13.7. The van der Waals surface area contributed by atoms with Gasteiger partial charge in [-0.2, -0.15) is 0 Å². The van der Waals surface area contributed by atoms with E-state index in [0.29, 0.717) is 5.92 Å². The van der Waals surface area contributed by atoms with E-state index in [0.717, 1.165) is 13.1 Å². The van der Waals surface area contributed by atoms with Gasteiger partial charge in [-0.05, 0) is 35.4 Å². The van der Waals surface area contributed by atoms with Crippen LogP contribution in [0.15, 0.2) is 24.3 Å². The Bertz CT molecular complexity index is 318. The number of hydrogen-bond acceptors (Lipinski definition) is 1. The number of hydrogen-bond donors (Lipinski definition) is 1. The third-order valence-electron chi connectivity index (χ3n) is 3.22. The summed E-state index contributed by atoms with van der Waals surface area (Å²) >= 11 is 0. The van der Waals surface area contributed by atoms with Gasteiger partial charge in [0.15, 0.2) is 0 Å². The molecule has 0 aliphatic heterocycles. The van der Waals surface area contributed by atoms with Gasteiger partial charge in [-0.1, -0.05) is 58.9 Å². The molecular formula is C16H27N. The Morgan fingerprint density at radius 1 is 1.12 bits per heavy atom. The fraction of sp³-hybridized carbons (Fsp3) is 0.625. The van der Waals surface area contributed by atoms with Crippen molar-refractivity contribution < 1.29 is 0 Å². The molecule has 96 valence electrons. The molecular weight excluding hydrogens is 206 g/mol.